The molecular weight excluding hydrogens is 404 g/mol. The molecule has 0 spiro atoms. The van der Waals surface area contributed by atoms with Gasteiger partial charge in [0, 0.05) is 43.4 Å². The van der Waals surface area contributed by atoms with Gasteiger partial charge in [-0.1, -0.05) is 15.9 Å². The lowest BCUT2D eigenvalue weighted by atomic mass is 10.2. The Morgan fingerprint density at radius 1 is 1.38 bits per heavy atom. The molecule has 0 saturated carbocycles. The molecule has 2 aromatic rings. The molecule has 8 heteroatoms. The van der Waals surface area contributed by atoms with Gasteiger partial charge in [-0.25, -0.2) is 13.8 Å². The van der Waals surface area contributed by atoms with Crippen LogP contribution in [0.15, 0.2) is 46.0 Å². The minimum absolute atomic E-state index is 0.124. The Labute approximate surface area is 159 Å². The second-order valence-corrected chi connectivity index (χ2v) is 6.90. The summed E-state index contributed by atoms with van der Waals surface area (Å²) >= 11 is 3.42. The lowest BCUT2D eigenvalue weighted by molar-refractivity contribution is 0.612. The summed E-state index contributed by atoms with van der Waals surface area (Å²) in [6.45, 7) is 1.79. The van der Waals surface area contributed by atoms with Crippen molar-refractivity contribution in [1.82, 2.24) is 15.6 Å². The first-order chi connectivity index (χ1) is 12.6. The van der Waals surface area contributed by atoms with Crippen molar-refractivity contribution in [1.29, 1.82) is 0 Å². The summed E-state index contributed by atoms with van der Waals surface area (Å²) in [6.07, 6.45) is 2.44. The molecule has 1 aliphatic rings. The van der Waals surface area contributed by atoms with Gasteiger partial charge >= 0.3 is 0 Å². The highest BCUT2D eigenvalue weighted by molar-refractivity contribution is 9.10. The van der Waals surface area contributed by atoms with E-state index in [9.17, 15) is 8.78 Å². The molecule has 138 valence electrons. The molecule has 3 rings (SSSR count). The second kappa shape index (κ2) is 8.44. The summed E-state index contributed by atoms with van der Waals surface area (Å²) in [6, 6.07) is 7.69. The van der Waals surface area contributed by atoms with Crippen LogP contribution in [0.2, 0.25) is 0 Å². The minimum Gasteiger partial charge on any atom is -0.352 e. The van der Waals surface area contributed by atoms with Crippen LogP contribution in [-0.4, -0.2) is 37.1 Å². The minimum atomic E-state index is -0.313. The third-order valence-electron chi connectivity index (χ3n) is 4.25. The number of aromatic nitrogens is 1. The van der Waals surface area contributed by atoms with Gasteiger partial charge in [0.15, 0.2) is 17.6 Å². The van der Waals surface area contributed by atoms with Crippen LogP contribution in [0.1, 0.15) is 12.0 Å². The fourth-order valence-corrected chi connectivity index (χ4v) is 3.31. The third kappa shape index (κ3) is 4.49. The molecular formula is C18H20BrF2N5. The van der Waals surface area contributed by atoms with Crippen LogP contribution in [-0.2, 0) is 6.54 Å². The summed E-state index contributed by atoms with van der Waals surface area (Å²) in [4.78, 5) is 10.3. The van der Waals surface area contributed by atoms with E-state index >= 15 is 0 Å². The highest BCUT2D eigenvalue weighted by Gasteiger charge is 2.25. The molecule has 1 saturated heterocycles. The number of hydrogen-bond acceptors (Lipinski definition) is 3. The van der Waals surface area contributed by atoms with Gasteiger partial charge in [-0.15, -0.1) is 0 Å². The monoisotopic (exact) mass is 423 g/mol. The number of benzene rings is 1. The van der Waals surface area contributed by atoms with Crippen LogP contribution in [0.4, 0.5) is 14.6 Å². The molecule has 0 amide bonds. The summed E-state index contributed by atoms with van der Waals surface area (Å²) in [5.74, 6) is 0.404. The Morgan fingerprint density at radius 3 is 3.00 bits per heavy atom. The van der Waals surface area contributed by atoms with E-state index in [1.165, 1.54) is 18.2 Å². The summed E-state index contributed by atoms with van der Waals surface area (Å²) < 4.78 is 28.1. The predicted octanol–water partition coefficient (Wildman–Crippen LogP) is 3.07. The number of hydrogen-bond donors (Lipinski definition) is 2. The molecule has 0 bridgehead atoms. The van der Waals surface area contributed by atoms with E-state index in [2.05, 4.69) is 36.5 Å². The zero-order chi connectivity index (χ0) is 18.5. The lowest BCUT2D eigenvalue weighted by Crippen LogP contribution is -2.44. The second-order valence-electron chi connectivity index (χ2n) is 6.05. The zero-order valence-corrected chi connectivity index (χ0v) is 15.9. The smallest absolute Gasteiger partial charge is 0.191 e. The molecule has 1 atom stereocenters. The summed E-state index contributed by atoms with van der Waals surface area (Å²) in [5, 5.41) is 6.51. The highest BCUT2D eigenvalue weighted by atomic mass is 79.9. The quantitative estimate of drug-likeness (QED) is 0.585. The van der Waals surface area contributed by atoms with E-state index in [0.717, 1.165) is 23.0 Å². The van der Waals surface area contributed by atoms with Gasteiger partial charge in [0.25, 0.3) is 0 Å². The van der Waals surface area contributed by atoms with Crippen LogP contribution < -0.4 is 15.5 Å². The van der Waals surface area contributed by atoms with Gasteiger partial charge in [0.05, 0.1) is 0 Å². The molecule has 0 aliphatic carbocycles. The van der Waals surface area contributed by atoms with Crippen LogP contribution in [0.25, 0.3) is 0 Å². The standard InChI is InChI=1S/C18H20BrF2N5/c1-22-18(24-10-12-9-13(20)4-5-15(12)19)25-14-6-8-26(11-14)17-16(21)3-2-7-23-17/h2-5,7,9,14H,6,8,10-11H2,1H3,(H2,22,24,25). The van der Waals surface area contributed by atoms with Crippen molar-refractivity contribution in [2.24, 2.45) is 4.99 Å². The number of halogens is 3. The van der Waals surface area contributed by atoms with E-state index < -0.39 is 0 Å². The van der Waals surface area contributed by atoms with E-state index in [-0.39, 0.29) is 17.7 Å². The molecule has 5 nitrogen and oxygen atoms in total. The van der Waals surface area contributed by atoms with Crippen molar-refractivity contribution in [2.45, 2.75) is 19.0 Å². The lowest BCUT2D eigenvalue weighted by Gasteiger charge is -2.20. The third-order valence-corrected chi connectivity index (χ3v) is 5.02. The van der Waals surface area contributed by atoms with Crippen molar-refractivity contribution in [3.05, 3.63) is 58.2 Å². The molecule has 1 aromatic heterocycles. The maximum atomic E-state index is 13.9. The number of guanidine groups is 1. The highest BCUT2D eigenvalue weighted by Crippen LogP contribution is 2.21. The maximum Gasteiger partial charge on any atom is 0.191 e. The molecule has 1 fully saturated rings. The van der Waals surface area contributed by atoms with Gasteiger partial charge < -0.3 is 15.5 Å². The van der Waals surface area contributed by atoms with Crippen LogP contribution >= 0.6 is 15.9 Å². The van der Waals surface area contributed by atoms with Gasteiger partial charge in [-0.3, -0.25) is 4.99 Å². The van der Waals surface area contributed by atoms with Crippen LogP contribution in [0, 0.1) is 11.6 Å². The van der Waals surface area contributed by atoms with E-state index in [4.69, 9.17) is 0 Å². The average molecular weight is 424 g/mol. The fourth-order valence-electron chi connectivity index (χ4n) is 2.93. The first kappa shape index (κ1) is 18.6. The largest absolute Gasteiger partial charge is 0.352 e. The molecule has 1 aliphatic heterocycles. The summed E-state index contributed by atoms with van der Waals surface area (Å²) in [7, 11) is 1.68. The first-order valence-electron chi connectivity index (χ1n) is 8.33. The Balaban J connectivity index is 1.56. The van der Waals surface area contributed by atoms with Gasteiger partial charge in [0.2, 0.25) is 0 Å². The number of rotatable bonds is 4. The van der Waals surface area contributed by atoms with Gasteiger partial charge in [-0.05, 0) is 42.3 Å². The maximum absolute atomic E-state index is 13.9. The normalized spacial score (nSPS) is 17.5. The molecule has 1 unspecified atom stereocenters. The number of anilines is 1. The number of nitrogens with zero attached hydrogens (tertiary/aromatic N) is 3. The Kier molecular flexibility index (Phi) is 6.03. The number of aliphatic imine (C=N–C) groups is 1. The van der Waals surface area contributed by atoms with Crippen molar-refractivity contribution in [3.63, 3.8) is 0 Å². The van der Waals surface area contributed by atoms with E-state index in [0.29, 0.717) is 24.9 Å². The number of pyridine rings is 1. The fraction of sp³-hybridized carbons (Fsp3) is 0.333. The zero-order valence-electron chi connectivity index (χ0n) is 14.3. The average Bonchev–Trinajstić information content (AvgIpc) is 3.10. The van der Waals surface area contributed by atoms with Crippen molar-refractivity contribution in [2.75, 3.05) is 25.0 Å². The Hall–Kier alpha value is -2.22. The molecule has 26 heavy (non-hydrogen) atoms. The van der Waals surface area contributed by atoms with Gasteiger partial charge in [0.1, 0.15) is 5.82 Å². The Morgan fingerprint density at radius 2 is 2.23 bits per heavy atom. The molecule has 2 heterocycles. The SMILES string of the molecule is CN=C(NCc1cc(F)ccc1Br)NC1CCN(c2ncccc2F)C1. The number of nitrogens with one attached hydrogen (secondary N) is 2. The molecule has 1 aromatic carbocycles. The van der Waals surface area contributed by atoms with Crippen molar-refractivity contribution in [3.8, 4) is 0 Å². The van der Waals surface area contributed by atoms with E-state index in [1.54, 1.807) is 25.4 Å². The predicted molar refractivity (Wildman–Crippen MR) is 102 cm³/mol. The van der Waals surface area contributed by atoms with E-state index in [1.807, 2.05) is 4.90 Å². The molecule has 0 radical (unpaired) electrons. The topological polar surface area (TPSA) is 52.6 Å². The van der Waals surface area contributed by atoms with Crippen LogP contribution in [0.3, 0.4) is 0 Å². The van der Waals surface area contributed by atoms with Crippen molar-refractivity contribution >= 4 is 27.7 Å². The van der Waals surface area contributed by atoms with Gasteiger partial charge in [-0.2, -0.15) is 0 Å². The van der Waals surface area contributed by atoms with Crippen LogP contribution in [0.5, 0.6) is 0 Å². The van der Waals surface area contributed by atoms with Crippen molar-refractivity contribution < 1.29 is 8.78 Å². The molecule has 2 N–H and O–H groups in total. The Bertz CT molecular complexity index is 799. The first-order valence-corrected chi connectivity index (χ1v) is 9.12. The summed E-state index contributed by atoms with van der Waals surface area (Å²) in [5.41, 5.74) is 0.802.